The Kier molecular flexibility index (Phi) is 5.07. The molecule has 0 aliphatic carbocycles. The van der Waals surface area contributed by atoms with Crippen LogP contribution in [-0.2, 0) is 4.79 Å². The second kappa shape index (κ2) is 7.70. The van der Waals surface area contributed by atoms with Gasteiger partial charge >= 0.3 is 12.0 Å². The number of hydrogen-bond donors (Lipinski definition) is 2. The van der Waals surface area contributed by atoms with Crippen molar-refractivity contribution in [3.05, 3.63) is 81.7 Å². The number of nitrogens with zero attached hydrogens (tertiary/aromatic N) is 1. The van der Waals surface area contributed by atoms with Gasteiger partial charge in [-0.2, -0.15) is 0 Å². The molecule has 0 bridgehead atoms. The number of carbonyl (C=O) groups is 3. The second-order valence-electron chi connectivity index (χ2n) is 6.31. The number of furan rings is 1. The molecule has 1 aromatic heterocycles. The zero-order valence-electron chi connectivity index (χ0n) is 15.1. The van der Waals surface area contributed by atoms with Gasteiger partial charge in [0.1, 0.15) is 17.2 Å². The van der Waals surface area contributed by atoms with Gasteiger partial charge in [0.15, 0.2) is 0 Å². The number of hydrogen-bond acceptors (Lipinski definition) is 4. The van der Waals surface area contributed by atoms with Crippen LogP contribution in [0.3, 0.4) is 0 Å². The number of urea groups is 1. The summed E-state index contributed by atoms with van der Waals surface area (Å²) in [6, 6.07) is 13.5. The van der Waals surface area contributed by atoms with Crippen LogP contribution in [0.5, 0.6) is 0 Å². The summed E-state index contributed by atoms with van der Waals surface area (Å²) in [6.45, 7) is 0. The predicted octanol–water partition coefficient (Wildman–Crippen LogP) is 5.05. The highest BCUT2D eigenvalue weighted by Gasteiger charge is 2.35. The average Bonchev–Trinajstić information content (AvgIpc) is 3.26. The summed E-state index contributed by atoms with van der Waals surface area (Å²) in [6.07, 6.45) is 1.39. The number of carboxylic acids is 1. The van der Waals surface area contributed by atoms with E-state index in [4.69, 9.17) is 27.6 Å². The minimum Gasteiger partial charge on any atom is -0.478 e. The van der Waals surface area contributed by atoms with E-state index in [0.717, 1.165) is 4.90 Å². The molecule has 0 saturated carbocycles. The summed E-state index contributed by atoms with van der Waals surface area (Å²) in [5, 5.41) is 12.2. The first-order valence-corrected chi connectivity index (χ1v) is 9.35. The van der Waals surface area contributed by atoms with E-state index in [1.807, 2.05) is 0 Å². The van der Waals surface area contributed by atoms with Crippen LogP contribution in [0.25, 0.3) is 17.4 Å². The molecule has 1 aliphatic heterocycles. The molecule has 0 atom stereocenters. The van der Waals surface area contributed by atoms with Gasteiger partial charge in [0.25, 0.3) is 5.91 Å². The van der Waals surface area contributed by atoms with Crippen LogP contribution >= 0.6 is 23.2 Å². The number of anilines is 1. The number of aromatic carboxylic acids is 1. The summed E-state index contributed by atoms with van der Waals surface area (Å²) in [5.74, 6) is -1.03. The third kappa shape index (κ3) is 3.68. The van der Waals surface area contributed by atoms with Crippen molar-refractivity contribution >= 4 is 52.9 Å². The summed E-state index contributed by atoms with van der Waals surface area (Å²) in [5.41, 5.74) is 0.823. The molecular weight excluding hydrogens is 431 g/mol. The Labute approximate surface area is 180 Å². The van der Waals surface area contributed by atoms with Crippen LogP contribution in [-0.4, -0.2) is 23.0 Å². The lowest BCUT2D eigenvalue weighted by Crippen LogP contribution is -2.30. The van der Waals surface area contributed by atoms with Gasteiger partial charge in [0, 0.05) is 16.7 Å². The Morgan fingerprint density at radius 3 is 2.60 bits per heavy atom. The highest BCUT2D eigenvalue weighted by molar-refractivity contribution is 6.33. The highest BCUT2D eigenvalue weighted by atomic mass is 35.5. The molecule has 2 N–H and O–H groups in total. The maximum Gasteiger partial charge on any atom is 0.337 e. The van der Waals surface area contributed by atoms with E-state index in [1.165, 1.54) is 24.3 Å². The Hall–Kier alpha value is -3.55. The van der Waals surface area contributed by atoms with Crippen LogP contribution in [0, 0.1) is 0 Å². The molecule has 3 aromatic rings. The van der Waals surface area contributed by atoms with E-state index in [9.17, 15) is 19.5 Å². The Morgan fingerprint density at radius 1 is 1.07 bits per heavy atom. The lowest BCUT2D eigenvalue weighted by atomic mass is 10.1. The fourth-order valence-corrected chi connectivity index (χ4v) is 3.34. The largest absolute Gasteiger partial charge is 0.478 e. The fourth-order valence-electron chi connectivity index (χ4n) is 2.96. The predicted molar refractivity (Wildman–Crippen MR) is 112 cm³/mol. The van der Waals surface area contributed by atoms with Gasteiger partial charge < -0.3 is 14.8 Å². The number of nitrogens with one attached hydrogen (secondary N) is 1. The molecule has 1 saturated heterocycles. The van der Waals surface area contributed by atoms with Crippen LogP contribution in [0.4, 0.5) is 10.5 Å². The summed E-state index contributed by atoms with van der Waals surface area (Å²) in [7, 11) is 0. The molecule has 7 nitrogen and oxygen atoms in total. The molecule has 0 spiro atoms. The van der Waals surface area contributed by atoms with Crippen molar-refractivity contribution in [3.63, 3.8) is 0 Å². The van der Waals surface area contributed by atoms with E-state index in [2.05, 4.69) is 5.32 Å². The van der Waals surface area contributed by atoms with Crippen LogP contribution in [0.15, 0.2) is 64.7 Å². The fraction of sp³-hybridized carbons (Fsp3) is 0. The first-order chi connectivity index (χ1) is 14.3. The molecular formula is C21H12Cl2N2O5. The van der Waals surface area contributed by atoms with Crippen molar-refractivity contribution in [2.24, 2.45) is 0 Å². The normalized spacial score (nSPS) is 15.0. The minimum atomic E-state index is -1.16. The van der Waals surface area contributed by atoms with Gasteiger partial charge in [0.2, 0.25) is 0 Å². The second-order valence-corrected chi connectivity index (χ2v) is 7.15. The van der Waals surface area contributed by atoms with E-state index in [1.54, 1.807) is 36.4 Å². The van der Waals surface area contributed by atoms with E-state index >= 15 is 0 Å². The maximum absolute atomic E-state index is 12.7. The van der Waals surface area contributed by atoms with Crippen molar-refractivity contribution in [1.29, 1.82) is 0 Å². The van der Waals surface area contributed by atoms with Gasteiger partial charge in [-0.3, -0.25) is 4.79 Å². The number of benzene rings is 2. The lowest BCUT2D eigenvalue weighted by molar-refractivity contribution is -0.113. The highest BCUT2D eigenvalue weighted by Crippen LogP contribution is 2.29. The van der Waals surface area contributed by atoms with E-state index in [0.29, 0.717) is 27.8 Å². The monoisotopic (exact) mass is 442 g/mol. The summed E-state index contributed by atoms with van der Waals surface area (Å²) in [4.78, 5) is 37.2. The molecule has 3 amide bonds. The zero-order chi connectivity index (χ0) is 21.4. The average molecular weight is 443 g/mol. The van der Waals surface area contributed by atoms with Gasteiger partial charge in [-0.15, -0.1) is 0 Å². The SMILES string of the molecule is O=C(O)c1cc(-c2ccc(/C=C3/NC(=O)N(c4cccc(Cl)c4)C3=O)o2)ccc1Cl. The molecule has 150 valence electrons. The number of amides is 3. The van der Waals surface area contributed by atoms with E-state index < -0.39 is 17.9 Å². The molecule has 0 radical (unpaired) electrons. The Bertz CT molecular complexity index is 1230. The standard InChI is InChI=1S/C21H12Cl2N2O5/c22-12-2-1-3-13(9-12)25-19(26)17(24-21(25)29)10-14-5-7-18(30-14)11-4-6-16(23)15(8-11)20(27)28/h1-10H,(H,24,29)(H,27,28)/b17-10+. The summed E-state index contributed by atoms with van der Waals surface area (Å²) < 4.78 is 5.69. The smallest absolute Gasteiger partial charge is 0.337 e. The third-order valence-corrected chi connectivity index (χ3v) is 4.90. The minimum absolute atomic E-state index is 0.0307. The number of halogens is 2. The van der Waals surface area contributed by atoms with Crippen molar-refractivity contribution in [3.8, 4) is 11.3 Å². The first-order valence-electron chi connectivity index (χ1n) is 8.59. The first kappa shape index (κ1) is 19.8. The molecule has 9 heteroatoms. The quantitative estimate of drug-likeness (QED) is 0.434. The van der Waals surface area contributed by atoms with Crippen molar-refractivity contribution in [2.75, 3.05) is 4.90 Å². The Morgan fingerprint density at radius 2 is 1.87 bits per heavy atom. The summed E-state index contributed by atoms with van der Waals surface area (Å²) >= 11 is 11.8. The molecule has 4 rings (SSSR count). The lowest BCUT2D eigenvalue weighted by Gasteiger charge is -2.11. The number of imide groups is 1. The number of carbonyl (C=O) groups excluding carboxylic acids is 2. The van der Waals surface area contributed by atoms with Gasteiger partial charge in [-0.1, -0.05) is 29.3 Å². The van der Waals surface area contributed by atoms with Gasteiger partial charge in [0.05, 0.1) is 16.3 Å². The van der Waals surface area contributed by atoms with Gasteiger partial charge in [-0.25, -0.2) is 14.5 Å². The molecule has 2 aromatic carbocycles. The van der Waals surface area contributed by atoms with Crippen molar-refractivity contribution in [1.82, 2.24) is 5.32 Å². The van der Waals surface area contributed by atoms with Crippen LogP contribution in [0.2, 0.25) is 10.0 Å². The number of carboxylic acid groups (broad SMARTS) is 1. The third-order valence-electron chi connectivity index (χ3n) is 4.34. The van der Waals surface area contributed by atoms with E-state index in [-0.39, 0.29) is 16.3 Å². The zero-order valence-corrected chi connectivity index (χ0v) is 16.6. The van der Waals surface area contributed by atoms with Crippen LogP contribution < -0.4 is 10.2 Å². The molecule has 30 heavy (non-hydrogen) atoms. The van der Waals surface area contributed by atoms with Crippen molar-refractivity contribution in [2.45, 2.75) is 0 Å². The van der Waals surface area contributed by atoms with Gasteiger partial charge in [-0.05, 0) is 48.5 Å². The molecule has 2 heterocycles. The molecule has 0 unspecified atom stereocenters. The Balaban J connectivity index is 1.62. The molecule has 1 aliphatic rings. The van der Waals surface area contributed by atoms with Crippen LogP contribution in [0.1, 0.15) is 16.1 Å². The topological polar surface area (TPSA) is 99.9 Å². The maximum atomic E-state index is 12.7. The van der Waals surface area contributed by atoms with Crippen molar-refractivity contribution < 1.29 is 23.9 Å². The molecule has 1 fully saturated rings. The number of rotatable bonds is 4.